The summed E-state index contributed by atoms with van der Waals surface area (Å²) in [7, 11) is 0. The van der Waals surface area contributed by atoms with E-state index in [-0.39, 0.29) is 35.4 Å². The van der Waals surface area contributed by atoms with Crippen LogP contribution in [0.5, 0.6) is 0 Å². The molecule has 2 N–H and O–H groups in total. The number of halogens is 3. The van der Waals surface area contributed by atoms with E-state index in [4.69, 9.17) is 0 Å². The van der Waals surface area contributed by atoms with Gasteiger partial charge in [-0.1, -0.05) is 13.0 Å². The van der Waals surface area contributed by atoms with E-state index in [2.05, 4.69) is 10.6 Å². The number of anilines is 2. The quantitative estimate of drug-likeness (QED) is 0.429. The number of nitro benzene ring substituents is 1. The van der Waals surface area contributed by atoms with Gasteiger partial charge in [0, 0.05) is 18.8 Å². The van der Waals surface area contributed by atoms with Crippen molar-refractivity contribution >= 4 is 28.8 Å². The number of alkyl halides is 3. The summed E-state index contributed by atoms with van der Waals surface area (Å²) >= 11 is -0.163. The lowest BCUT2D eigenvalue weighted by Crippen LogP contribution is -2.11. The van der Waals surface area contributed by atoms with E-state index in [1.807, 2.05) is 6.92 Å². The van der Waals surface area contributed by atoms with E-state index in [1.54, 1.807) is 12.1 Å². The number of thioether (sulfide) groups is 1. The number of nitro groups is 1. The molecule has 0 aromatic heterocycles. The van der Waals surface area contributed by atoms with Gasteiger partial charge in [-0.25, -0.2) is 0 Å². The molecule has 0 aliphatic heterocycles. The third-order valence-corrected chi connectivity index (χ3v) is 3.20. The molecule has 0 amide bonds. The maximum absolute atomic E-state index is 12.0. The Hall–Kier alpha value is -1.64. The summed E-state index contributed by atoms with van der Waals surface area (Å²) in [6.07, 6.45) is 0.803. The van der Waals surface area contributed by atoms with Crippen molar-refractivity contribution in [1.82, 2.24) is 0 Å². The molecule has 0 aliphatic rings. The van der Waals surface area contributed by atoms with Gasteiger partial charge in [-0.15, -0.1) is 0 Å². The monoisotopic (exact) mass is 323 g/mol. The van der Waals surface area contributed by atoms with Crippen LogP contribution in [0, 0.1) is 10.1 Å². The van der Waals surface area contributed by atoms with Crippen molar-refractivity contribution in [1.29, 1.82) is 0 Å². The summed E-state index contributed by atoms with van der Waals surface area (Å²) in [5, 5.41) is 16.8. The number of benzene rings is 1. The molecule has 0 spiro atoms. The van der Waals surface area contributed by atoms with Crippen LogP contribution in [0.25, 0.3) is 0 Å². The van der Waals surface area contributed by atoms with Crippen molar-refractivity contribution in [2.45, 2.75) is 18.9 Å². The minimum Gasteiger partial charge on any atom is -0.379 e. The van der Waals surface area contributed by atoms with E-state index in [0.29, 0.717) is 12.2 Å². The van der Waals surface area contributed by atoms with Gasteiger partial charge in [0.1, 0.15) is 11.4 Å². The zero-order valence-electron chi connectivity index (χ0n) is 11.4. The molecule has 1 rings (SSSR count). The second-order valence-electron chi connectivity index (χ2n) is 4.11. The second-order valence-corrected chi connectivity index (χ2v) is 5.27. The first kappa shape index (κ1) is 17.4. The number of para-hydroxylation sites is 1. The highest BCUT2D eigenvalue weighted by molar-refractivity contribution is 8.00. The zero-order chi connectivity index (χ0) is 15.9. The minimum absolute atomic E-state index is 0.0117. The van der Waals surface area contributed by atoms with Crippen molar-refractivity contribution in [2.75, 3.05) is 29.5 Å². The average Bonchev–Trinajstić information content (AvgIpc) is 2.40. The largest absolute Gasteiger partial charge is 0.441 e. The van der Waals surface area contributed by atoms with E-state index >= 15 is 0 Å². The number of rotatable bonds is 8. The molecule has 118 valence electrons. The number of nitrogens with one attached hydrogen (secondary N) is 2. The predicted molar refractivity (Wildman–Crippen MR) is 78.9 cm³/mol. The third kappa shape index (κ3) is 6.11. The molecule has 1 aromatic rings. The van der Waals surface area contributed by atoms with Gasteiger partial charge in [-0.2, -0.15) is 13.2 Å². The topological polar surface area (TPSA) is 67.2 Å². The Bertz CT molecular complexity index is 483. The van der Waals surface area contributed by atoms with Gasteiger partial charge in [0.25, 0.3) is 0 Å². The molecule has 21 heavy (non-hydrogen) atoms. The first-order valence-corrected chi connectivity index (χ1v) is 7.29. The Balaban J connectivity index is 2.74. The summed E-state index contributed by atoms with van der Waals surface area (Å²) in [4.78, 5) is 10.6. The summed E-state index contributed by atoms with van der Waals surface area (Å²) in [6, 6.07) is 4.67. The maximum Gasteiger partial charge on any atom is 0.441 e. The summed E-state index contributed by atoms with van der Waals surface area (Å²) < 4.78 is 36.0. The van der Waals surface area contributed by atoms with E-state index in [0.717, 1.165) is 6.42 Å². The van der Waals surface area contributed by atoms with Crippen molar-refractivity contribution in [3.05, 3.63) is 28.3 Å². The molecule has 1 aromatic carbocycles. The number of hydrogen-bond acceptors (Lipinski definition) is 5. The van der Waals surface area contributed by atoms with Gasteiger partial charge in [-0.05, 0) is 30.3 Å². The second kappa shape index (κ2) is 7.96. The molecule has 0 atom stereocenters. The van der Waals surface area contributed by atoms with Gasteiger partial charge < -0.3 is 10.6 Å². The fraction of sp³-hybridized carbons (Fsp3) is 0.500. The Kier molecular flexibility index (Phi) is 6.60. The molecule has 5 nitrogen and oxygen atoms in total. The van der Waals surface area contributed by atoms with E-state index in [9.17, 15) is 23.3 Å². The summed E-state index contributed by atoms with van der Waals surface area (Å²) in [5.41, 5.74) is -3.87. The molecule has 9 heteroatoms. The lowest BCUT2D eigenvalue weighted by atomic mass is 10.2. The van der Waals surface area contributed by atoms with Gasteiger partial charge in [-0.3, -0.25) is 10.1 Å². The van der Waals surface area contributed by atoms with Crippen LogP contribution in [-0.2, 0) is 0 Å². The Labute approximate surface area is 124 Å². The van der Waals surface area contributed by atoms with Crippen LogP contribution >= 0.6 is 11.8 Å². The van der Waals surface area contributed by atoms with Crippen molar-refractivity contribution < 1.29 is 18.1 Å². The molecule has 0 bridgehead atoms. The van der Waals surface area contributed by atoms with Gasteiger partial charge >= 0.3 is 11.2 Å². The van der Waals surface area contributed by atoms with Gasteiger partial charge in [0.2, 0.25) is 0 Å². The highest BCUT2D eigenvalue weighted by Gasteiger charge is 2.27. The average molecular weight is 323 g/mol. The molecule has 0 saturated heterocycles. The fourth-order valence-corrected chi connectivity index (χ4v) is 2.07. The number of hydrogen-bond donors (Lipinski definition) is 2. The van der Waals surface area contributed by atoms with Gasteiger partial charge in [0.05, 0.1) is 4.92 Å². The Morgan fingerprint density at radius 3 is 2.29 bits per heavy atom. The molecular weight excluding hydrogens is 307 g/mol. The smallest absolute Gasteiger partial charge is 0.379 e. The first-order chi connectivity index (χ1) is 9.85. The minimum atomic E-state index is -4.29. The van der Waals surface area contributed by atoms with Crippen molar-refractivity contribution in [3.8, 4) is 0 Å². The summed E-state index contributed by atoms with van der Waals surface area (Å²) in [5.74, 6) is -0.215. The lowest BCUT2D eigenvalue weighted by Gasteiger charge is -2.11. The molecule has 0 aliphatic carbocycles. The van der Waals surface area contributed by atoms with Crippen LogP contribution in [0.1, 0.15) is 13.3 Å². The molecule has 0 saturated carbocycles. The summed E-state index contributed by atoms with van der Waals surface area (Å²) in [6.45, 7) is 2.49. The van der Waals surface area contributed by atoms with Crippen LogP contribution in [-0.4, -0.2) is 29.3 Å². The SMILES string of the molecule is CCCNc1cccc(NCCSC(F)(F)F)c1[N+](=O)[O-]. The standard InChI is InChI=1S/C12H16F3N3O2S/c1-2-6-16-9-4-3-5-10(11(9)18(19)20)17-7-8-21-12(13,14)15/h3-5,16-17H,2,6-8H2,1H3. The predicted octanol–water partition coefficient (Wildman–Crippen LogP) is 4.08. The van der Waals surface area contributed by atoms with Crippen molar-refractivity contribution in [3.63, 3.8) is 0 Å². The normalized spacial score (nSPS) is 11.2. The Morgan fingerprint density at radius 1 is 1.24 bits per heavy atom. The van der Waals surface area contributed by atoms with Crippen LogP contribution < -0.4 is 10.6 Å². The van der Waals surface area contributed by atoms with E-state index < -0.39 is 10.4 Å². The van der Waals surface area contributed by atoms with Crippen LogP contribution in [0.3, 0.4) is 0 Å². The molecular formula is C12H16F3N3O2S. The molecule has 0 unspecified atom stereocenters. The molecule has 0 heterocycles. The van der Waals surface area contributed by atoms with Crippen LogP contribution in [0.4, 0.5) is 30.2 Å². The highest BCUT2D eigenvalue weighted by Crippen LogP contribution is 2.33. The lowest BCUT2D eigenvalue weighted by molar-refractivity contribution is -0.383. The van der Waals surface area contributed by atoms with Crippen molar-refractivity contribution in [2.24, 2.45) is 0 Å². The first-order valence-electron chi connectivity index (χ1n) is 6.31. The maximum atomic E-state index is 12.0. The van der Waals surface area contributed by atoms with Gasteiger partial charge in [0.15, 0.2) is 0 Å². The molecule has 0 radical (unpaired) electrons. The fourth-order valence-electron chi connectivity index (χ4n) is 1.64. The highest BCUT2D eigenvalue weighted by atomic mass is 32.2. The Morgan fingerprint density at radius 2 is 1.81 bits per heavy atom. The zero-order valence-corrected chi connectivity index (χ0v) is 12.2. The van der Waals surface area contributed by atoms with Crippen LogP contribution in [0.15, 0.2) is 18.2 Å². The number of nitrogens with zero attached hydrogens (tertiary/aromatic N) is 1. The molecule has 0 fully saturated rings. The van der Waals surface area contributed by atoms with E-state index in [1.165, 1.54) is 6.07 Å². The third-order valence-electron chi connectivity index (χ3n) is 2.47. The van der Waals surface area contributed by atoms with Crippen LogP contribution in [0.2, 0.25) is 0 Å².